The highest BCUT2D eigenvalue weighted by atomic mass is 16.6. The van der Waals surface area contributed by atoms with Crippen molar-refractivity contribution in [3.05, 3.63) is 33.9 Å². The molecule has 1 saturated heterocycles. The molecule has 114 valence electrons. The number of benzene rings is 1. The Bertz CT molecular complexity index is 547. The summed E-state index contributed by atoms with van der Waals surface area (Å²) in [6.45, 7) is 4.66. The van der Waals surface area contributed by atoms with E-state index in [1.165, 1.54) is 18.2 Å². The lowest BCUT2D eigenvalue weighted by Crippen LogP contribution is -2.34. The number of carboxylic acids is 1. The molecule has 1 heterocycles. The van der Waals surface area contributed by atoms with Crippen LogP contribution in [-0.4, -0.2) is 46.6 Å². The van der Waals surface area contributed by atoms with E-state index in [0.717, 1.165) is 25.9 Å². The molecule has 0 saturated carbocycles. The zero-order valence-corrected chi connectivity index (χ0v) is 11.9. The number of nitrogens with one attached hydrogen (secondary N) is 1. The van der Waals surface area contributed by atoms with Gasteiger partial charge in [0.1, 0.15) is 5.69 Å². The van der Waals surface area contributed by atoms with Crippen LogP contribution in [0.2, 0.25) is 0 Å². The molecular weight excluding hydrogens is 274 g/mol. The summed E-state index contributed by atoms with van der Waals surface area (Å²) in [6, 6.07) is 4.15. The van der Waals surface area contributed by atoms with Crippen molar-refractivity contribution in [2.45, 2.75) is 25.8 Å². The van der Waals surface area contributed by atoms with Gasteiger partial charge < -0.3 is 10.4 Å². The fourth-order valence-electron chi connectivity index (χ4n) is 2.74. The van der Waals surface area contributed by atoms with Crippen molar-refractivity contribution >= 4 is 17.3 Å². The Balaban J connectivity index is 2.15. The van der Waals surface area contributed by atoms with Gasteiger partial charge in [0, 0.05) is 18.7 Å². The molecule has 2 rings (SSSR count). The molecule has 0 spiro atoms. The lowest BCUT2D eigenvalue weighted by Gasteiger charge is -2.23. The molecule has 0 aliphatic carbocycles. The second kappa shape index (κ2) is 6.53. The molecule has 1 aromatic rings. The van der Waals surface area contributed by atoms with Crippen molar-refractivity contribution in [1.82, 2.24) is 4.90 Å². The maximum absolute atomic E-state index is 11.0. The predicted molar refractivity (Wildman–Crippen MR) is 78.8 cm³/mol. The van der Waals surface area contributed by atoms with Gasteiger partial charge in [0.05, 0.1) is 10.5 Å². The molecule has 2 N–H and O–H groups in total. The summed E-state index contributed by atoms with van der Waals surface area (Å²) in [7, 11) is 0. The van der Waals surface area contributed by atoms with E-state index >= 15 is 0 Å². The zero-order valence-electron chi connectivity index (χ0n) is 11.9. The number of carboxylic acid groups (broad SMARTS) is 1. The topological polar surface area (TPSA) is 95.7 Å². The van der Waals surface area contributed by atoms with Crippen molar-refractivity contribution in [2.75, 3.05) is 25.0 Å². The molecule has 0 bridgehead atoms. The molecule has 1 aliphatic heterocycles. The van der Waals surface area contributed by atoms with Crippen molar-refractivity contribution in [1.29, 1.82) is 0 Å². The summed E-state index contributed by atoms with van der Waals surface area (Å²) < 4.78 is 0. The Kier molecular flexibility index (Phi) is 4.74. The quantitative estimate of drug-likeness (QED) is 0.616. The summed E-state index contributed by atoms with van der Waals surface area (Å²) in [4.78, 5) is 23.8. The number of likely N-dealkylation sites (tertiary alicyclic amines) is 1. The van der Waals surface area contributed by atoms with E-state index in [1.807, 2.05) is 0 Å². The molecule has 1 aromatic carbocycles. The van der Waals surface area contributed by atoms with Gasteiger partial charge in [-0.2, -0.15) is 0 Å². The minimum atomic E-state index is -1.09. The number of hydrogen-bond acceptors (Lipinski definition) is 5. The highest BCUT2D eigenvalue weighted by Gasteiger charge is 2.24. The minimum Gasteiger partial charge on any atom is -0.478 e. The Morgan fingerprint density at radius 1 is 1.57 bits per heavy atom. The van der Waals surface area contributed by atoms with Crippen LogP contribution in [0.4, 0.5) is 11.4 Å². The predicted octanol–water partition coefficient (Wildman–Crippen LogP) is 2.19. The van der Waals surface area contributed by atoms with Gasteiger partial charge in [0.25, 0.3) is 5.69 Å². The maximum atomic E-state index is 11.0. The minimum absolute atomic E-state index is 0.0434. The van der Waals surface area contributed by atoms with Crippen LogP contribution in [0.5, 0.6) is 0 Å². The summed E-state index contributed by atoms with van der Waals surface area (Å²) in [6.07, 6.45) is 2.17. The van der Waals surface area contributed by atoms with E-state index < -0.39 is 10.9 Å². The summed E-state index contributed by atoms with van der Waals surface area (Å²) in [5.74, 6) is -1.09. The Labute approximate surface area is 122 Å². The number of nitro benzene ring substituents is 1. The van der Waals surface area contributed by atoms with Gasteiger partial charge in [0.15, 0.2) is 0 Å². The number of aromatic carboxylic acids is 1. The normalized spacial score (nSPS) is 18.6. The highest BCUT2D eigenvalue weighted by Crippen LogP contribution is 2.26. The zero-order chi connectivity index (χ0) is 15.4. The smallest absolute Gasteiger partial charge is 0.335 e. The summed E-state index contributed by atoms with van der Waals surface area (Å²) >= 11 is 0. The van der Waals surface area contributed by atoms with Crippen LogP contribution in [-0.2, 0) is 0 Å². The van der Waals surface area contributed by atoms with Gasteiger partial charge in [-0.1, -0.05) is 6.92 Å². The number of anilines is 1. The fraction of sp³-hybridized carbons (Fsp3) is 0.500. The van der Waals surface area contributed by atoms with Crippen LogP contribution < -0.4 is 5.32 Å². The summed E-state index contributed by atoms with van der Waals surface area (Å²) in [5, 5.41) is 23.1. The molecule has 1 aliphatic rings. The van der Waals surface area contributed by atoms with E-state index in [2.05, 4.69) is 17.1 Å². The second-order valence-corrected chi connectivity index (χ2v) is 5.10. The number of hydrogen-bond donors (Lipinski definition) is 2. The molecule has 1 fully saturated rings. The number of likely N-dealkylation sites (N-methyl/N-ethyl adjacent to an activating group) is 1. The first-order chi connectivity index (χ1) is 10.0. The summed E-state index contributed by atoms with van der Waals surface area (Å²) in [5.41, 5.74) is 0.214. The Hall–Kier alpha value is -2.15. The van der Waals surface area contributed by atoms with Crippen LogP contribution in [0.15, 0.2) is 18.2 Å². The standard InChI is InChI=1S/C14H19N3O4/c1-2-16-7-3-4-11(16)9-15-12-8-10(14(18)19)5-6-13(12)17(20)21/h5-6,8,11,15H,2-4,7,9H2,1H3,(H,18,19). The van der Waals surface area contributed by atoms with Crippen LogP contribution in [0.25, 0.3) is 0 Å². The largest absolute Gasteiger partial charge is 0.478 e. The van der Waals surface area contributed by atoms with Gasteiger partial charge in [-0.3, -0.25) is 15.0 Å². The third kappa shape index (κ3) is 3.49. The molecule has 0 amide bonds. The number of carbonyl (C=O) groups is 1. The molecule has 0 radical (unpaired) electrons. The van der Waals surface area contributed by atoms with E-state index in [4.69, 9.17) is 5.11 Å². The monoisotopic (exact) mass is 293 g/mol. The average molecular weight is 293 g/mol. The van der Waals surface area contributed by atoms with E-state index in [1.54, 1.807) is 0 Å². The third-order valence-electron chi connectivity index (χ3n) is 3.87. The van der Waals surface area contributed by atoms with Crippen LogP contribution >= 0.6 is 0 Å². The van der Waals surface area contributed by atoms with Crippen molar-refractivity contribution in [3.8, 4) is 0 Å². The Morgan fingerprint density at radius 3 is 2.95 bits per heavy atom. The molecule has 7 nitrogen and oxygen atoms in total. The number of rotatable bonds is 6. The number of nitro groups is 1. The van der Waals surface area contributed by atoms with E-state index in [-0.39, 0.29) is 16.9 Å². The third-order valence-corrected chi connectivity index (χ3v) is 3.87. The molecular formula is C14H19N3O4. The lowest BCUT2D eigenvalue weighted by atomic mass is 10.1. The average Bonchev–Trinajstić information content (AvgIpc) is 2.91. The van der Waals surface area contributed by atoms with Crippen LogP contribution in [0.3, 0.4) is 0 Å². The van der Waals surface area contributed by atoms with Gasteiger partial charge >= 0.3 is 5.97 Å². The van der Waals surface area contributed by atoms with E-state index in [0.29, 0.717) is 12.6 Å². The first-order valence-electron chi connectivity index (χ1n) is 7.02. The fourth-order valence-corrected chi connectivity index (χ4v) is 2.74. The van der Waals surface area contributed by atoms with E-state index in [9.17, 15) is 14.9 Å². The highest BCUT2D eigenvalue weighted by molar-refractivity contribution is 5.90. The van der Waals surface area contributed by atoms with Crippen LogP contribution in [0, 0.1) is 10.1 Å². The first-order valence-corrected chi connectivity index (χ1v) is 7.02. The second-order valence-electron chi connectivity index (χ2n) is 5.10. The van der Waals surface area contributed by atoms with Gasteiger partial charge in [0.2, 0.25) is 0 Å². The van der Waals surface area contributed by atoms with Crippen molar-refractivity contribution < 1.29 is 14.8 Å². The first kappa shape index (κ1) is 15.2. The molecule has 21 heavy (non-hydrogen) atoms. The SMILES string of the molecule is CCN1CCCC1CNc1cc(C(=O)O)ccc1[N+](=O)[O-]. The van der Waals surface area contributed by atoms with Crippen LogP contribution in [0.1, 0.15) is 30.1 Å². The van der Waals surface area contributed by atoms with Gasteiger partial charge in [-0.05, 0) is 38.1 Å². The Morgan fingerprint density at radius 2 is 2.33 bits per heavy atom. The molecule has 7 heteroatoms. The number of nitrogens with zero attached hydrogens (tertiary/aromatic N) is 2. The van der Waals surface area contributed by atoms with Crippen molar-refractivity contribution in [3.63, 3.8) is 0 Å². The maximum Gasteiger partial charge on any atom is 0.335 e. The lowest BCUT2D eigenvalue weighted by molar-refractivity contribution is -0.384. The van der Waals surface area contributed by atoms with Gasteiger partial charge in [-0.15, -0.1) is 0 Å². The van der Waals surface area contributed by atoms with Gasteiger partial charge in [-0.25, -0.2) is 4.79 Å². The molecule has 1 unspecified atom stereocenters. The van der Waals surface area contributed by atoms with Crippen molar-refractivity contribution in [2.24, 2.45) is 0 Å². The molecule has 1 atom stereocenters. The molecule has 0 aromatic heterocycles.